The van der Waals surface area contributed by atoms with Crippen molar-refractivity contribution in [3.8, 4) is 0 Å². The Labute approximate surface area is 115 Å². The minimum atomic E-state index is 0.243. The first kappa shape index (κ1) is 12.6. The molecule has 1 aromatic carbocycles. The fourth-order valence-electron chi connectivity index (χ4n) is 3.20. The molecular weight excluding hydrogens is 238 g/mol. The molecule has 1 heterocycles. The van der Waals surface area contributed by atoms with Crippen molar-refractivity contribution in [2.45, 2.75) is 49.5 Å². The molecule has 1 aliphatic heterocycles. The summed E-state index contributed by atoms with van der Waals surface area (Å²) in [6, 6.07) is 9.04. The molecule has 2 unspecified atom stereocenters. The Bertz CT molecular complexity index is 449. The third kappa shape index (κ3) is 2.21. The van der Waals surface area contributed by atoms with Crippen LogP contribution >= 0.6 is 11.8 Å². The van der Waals surface area contributed by atoms with Crippen molar-refractivity contribution in [2.24, 2.45) is 5.92 Å². The Balaban J connectivity index is 1.75. The van der Waals surface area contributed by atoms with Crippen LogP contribution in [-0.4, -0.2) is 17.8 Å². The van der Waals surface area contributed by atoms with Gasteiger partial charge in [-0.25, -0.2) is 0 Å². The quantitative estimate of drug-likeness (QED) is 0.868. The molecule has 18 heavy (non-hydrogen) atoms. The molecule has 3 rings (SSSR count). The molecule has 2 heteroatoms. The van der Waals surface area contributed by atoms with Crippen LogP contribution in [0.3, 0.4) is 0 Å². The van der Waals surface area contributed by atoms with Crippen LogP contribution in [-0.2, 0) is 5.41 Å². The zero-order chi connectivity index (χ0) is 12.8. The van der Waals surface area contributed by atoms with Crippen LogP contribution in [0.1, 0.15) is 39.2 Å². The van der Waals surface area contributed by atoms with Crippen molar-refractivity contribution in [1.29, 1.82) is 0 Å². The molecule has 1 fully saturated rings. The maximum Gasteiger partial charge on any atom is 0.0110 e. The molecule has 1 aromatic rings. The van der Waals surface area contributed by atoms with Crippen LogP contribution in [0, 0.1) is 5.92 Å². The molecule has 0 aromatic heterocycles. The van der Waals surface area contributed by atoms with Crippen molar-refractivity contribution >= 4 is 11.8 Å². The van der Waals surface area contributed by atoms with Crippen LogP contribution in [0.15, 0.2) is 29.2 Å². The molecule has 98 valence electrons. The van der Waals surface area contributed by atoms with E-state index in [9.17, 15) is 0 Å². The third-order valence-corrected chi connectivity index (χ3v) is 5.42. The van der Waals surface area contributed by atoms with Gasteiger partial charge < -0.3 is 5.32 Å². The molecule has 1 spiro atoms. The number of nitrogens with one attached hydrogen (secondary N) is 1. The summed E-state index contributed by atoms with van der Waals surface area (Å²) < 4.78 is 0. The van der Waals surface area contributed by atoms with E-state index in [1.54, 1.807) is 5.56 Å². The Kier molecular flexibility index (Phi) is 2.98. The van der Waals surface area contributed by atoms with Gasteiger partial charge in [0.25, 0.3) is 0 Å². The maximum absolute atomic E-state index is 3.68. The molecule has 0 saturated heterocycles. The lowest BCUT2D eigenvalue weighted by atomic mass is 9.89. The normalized spacial score (nSPS) is 30.3. The summed E-state index contributed by atoms with van der Waals surface area (Å²) in [5, 5.41) is 3.68. The van der Waals surface area contributed by atoms with Gasteiger partial charge in [-0.3, -0.25) is 0 Å². The zero-order valence-corrected chi connectivity index (χ0v) is 12.4. The number of rotatable bonds is 2. The van der Waals surface area contributed by atoms with E-state index in [0.29, 0.717) is 5.41 Å². The lowest BCUT2D eigenvalue weighted by Gasteiger charge is -2.27. The van der Waals surface area contributed by atoms with Gasteiger partial charge in [-0.05, 0) is 63.5 Å². The van der Waals surface area contributed by atoms with Crippen molar-refractivity contribution in [3.63, 3.8) is 0 Å². The lowest BCUT2D eigenvalue weighted by Crippen LogP contribution is -2.38. The van der Waals surface area contributed by atoms with Gasteiger partial charge in [-0.2, -0.15) is 0 Å². The van der Waals surface area contributed by atoms with Gasteiger partial charge in [0.05, 0.1) is 0 Å². The minimum Gasteiger partial charge on any atom is -0.312 e. The summed E-state index contributed by atoms with van der Waals surface area (Å²) in [5.41, 5.74) is 2.38. The molecule has 1 aliphatic carbocycles. The average molecular weight is 261 g/mol. The summed E-state index contributed by atoms with van der Waals surface area (Å²) >= 11 is 2.04. The van der Waals surface area contributed by atoms with Crippen LogP contribution in [0.5, 0.6) is 0 Å². The Morgan fingerprint density at radius 3 is 2.89 bits per heavy atom. The molecule has 0 amide bonds. The predicted molar refractivity (Wildman–Crippen MR) is 79.3 cm³/mol. The van der Waals surface area contributed by atoms with E-state index in [0.717, 1.165) is 5.92 Å². The summed E-state index contributed by atoms with van der Waals surface area (Å²) in [4.78, 5) is 1.53. The van der Waals surface area contributed by atoms with Crippen LogP contribution in [0.2, 0.25) is 0 Å². The van der Waals surface area contributed by atoms with Crippen LogP contribution in [0.4, 0.5) is 0 Å². The molecule has 2 atom stereocenters. The smallest absolute Gasteiger partial charge is 0.0110 e. The van der Waals surface area contributed by atoms with Crippen molar-refractivity contribution < 1.29 is 0 Å². The highest BCUT2D eigenvalue weighted by Gasteiger charge is 2.56. The van der Waals surface area contributed by atoms with E-state index in [1.807, 2.05) is 11.8 Å². The van der Waals surface area contributed by atoms with E-state index < -0.39 is 0 Å². The molecule has 1 nitrogen and oxygen atoms in total. The highest BCUT2D eigenvalue weighted by Crippen LogP contribution is 2.61. The SMILES string of the molecule is CC(C)(C)NCC1CC12CCSc1ccccc12. The Hall–Kier alpha value is -0.470. The van der Waals surface area contributed by atoms with Gasteiger partial charge in [-0.1, -0.05) is 18.2 Å². The Morgan fingerprint density at radius 1 is 1.33 bits per heavy atom. The highest BCUT2D eigenvalue weighted by molar-refractivity contribution is 7.99. The van der Waals surface area contributed by atoms with Gasteiger partial charge in [0.2, 0.25) is 0 Å². The van der Waals surface area contributed by atoms with Gasteiger partial charge in [0.1, 0.15) is 0 Å². The first-order valence-corrected chi connectivity index (χ1v) is 7.97. The van der Waals surface area contributed by atoms with Crippen molar-refractivity contribution in [3.05, 3.63) is 29.8 Å². The first-order valence-electron chi connectivity index (χ1n) is 6.99. The molecule has 1 saturated carbocycles. The molecule has 1 N–H and O–H groups in total. The second-order valence-corrected chi connectivity index (χ2v) is 7.92. The van der Waals surface area contributed by atoms with E-state index >= 15 is 0 Å². The zero-order valence-electron chi connectivity index (χ0n) is 11.6. The number of thioether (sulfide) groups is 1. The van der Waals surface area contributed by atoms with E-state index in [2.05, 4.69) is 50.4 Å². The van der Waals surface area contributed by atoms with Crippen LogP contribution in [0.25, 0.3) is 0 Å². The largest absolute Gasteiger partial charge is 0.312 e. The lowest BCUT2D eigenvalue weighted by molar-refractivity contribution is 0.400. The van der Waals surface area contributed by atoms with Gasteiger partial charge in [-0.15, -0.1) is 11.8 Å². The fraction of sp³-hybridized carbons (Fsp3) is 0.625. The molecular formula is C16H23NS. The summed E-state index contributed by atoms with van der Waals surface area (Å²) in [6.45, 7) is 7.94. The number of benzene rings is 1. The monoisotopic (exact) mass is 261 g/mol. The Morgan fingerprint density at radius 2 is 2.11 bits per heavy atom. The predicted octanol–water partition coefficient (Wildman–Crippen LogP) is 3.83. The van der Waals surface area contributed by atoms with Crippen molar-refractivity contribution in [2.75, 3.05) is 12.3 Å². The van der Waals surface area contributed by atoms with Gasteiger partial charge >= 0.3 is 0 Å². The van der Waals surface area contributed by atoms with E-state index in [1.165, 1.54) is 30.0 Å². The second-order valence-electron chi connectivity index (χ2n) is 6.78. The van der Waals surface area contributed by atoms with Crippen molar-refractivity contribution in [1.82, 2.24) is 5.32 Å². The fourth-order valence-corrected chi connectivity index (χ4v) is 4.48. The molecule has 0 radical (unpaired) electrons. The molecule has 0 bridgehead atoms. The summed E-state index contributed by atoms with van der Waals surface area (Å²) in [6.07, 6.45) is 2.75. The molecule has 2 aliphatic rings. The first-order chi connectivity index (χ1) is 8.51. The topological polar surface area (TPSA) is 12.0 Å². The average Bonchev–Trinajstić information content (AvgIpc) is 3.01. The maximum atomic E-state index is 3.68. The second kappa shape index (κ2) is 4.28. The number of hydrogen-bond acceptors (Lipinski definition) is 2. The van der Waals surface area contributed by atoms with E-state index in [-0.39, 0.29) is 5.54 Å². The number of fused-ring (bicyclic) bond motifs is 2. The summed E-state index contributed by atoms with van der Waals surface area (Å²) in [7, 11) is 0. The van der Waals surface area contributed by atoms with E-state index in [4.69, 9.17) is 0 Å². The highest BCUT2D eigenvalue weighted by atomic mass is 32.2. The minimum absolute atomic E-state index is 0.243. The van der Waals surface area contributed by atoms with Gasteiger partial charge in [0, 0.05) is 15.8 Å². The number of hydrogen-bond donors (Lipinski definition) is 1. The standard InChI is InChI=1S/C16H23NS/c1-15(2,3)17-11-12-10-16(12)8-9-18-14-7-5-4-6-13(14)16/h4-7,12,17H,8-11H2,1-3H3. The van der Waals surface area contributed by atoms with Gasteiger partial charge in [0.15, 0.2) is 0 Å². The van der Waals surface area contributed by atoms with Crippen LogP contribution < -0.4 is 5.32 Å². The summed E-state index contributed by atoms with van der Waals surface area (Å²) in [5.74, 6) is 2.14. The third-order valence-electron chi connectivity index (χ3n) is 4.34.